The average Bonchev–Trinajstić information content (AvgIpc) is 2.86. The molecule has 0 spiro atoms. The lowest BCUT2D eigenvalue weighted by Gasteiger charge is -2.46. The van der Waals surface area contributed by atoms with Crippen LogP contribution in [0.25, 0.3) is 0 Å². The van der Waals surface area contributed by atoms with E-state index in [1.54, 1.807) is 7.11 Å². The molecule has 0 unspecified atom stereocenters. The lowest BCUT2D eigenvalue weighted by Crippen LogP contribution is -2.56. The topological polar surface area (TPSA) is 75.1 Å². The number of aromatic nitrogens is 1. The van der Waals surface area contributed by atoms with Gasteiger partial charge in [-0.25, -0.2) is 9.78 Å². The number of benzene rings is 1. The van der Waals surface area contributed by atoms with Crippen LogP contribution in [0.1, 0.15) is 25.3 Å². The first-order valence-electron chi connectivity index (χ1n) is 11.7. The Morgan fingerprint density at radius 3 is 2.44 bits per heavy atom. The molecule has 0 bridgehead atoms. The van der Waals surface area contributed by atoms with Crippen LogP contribution in [0.3, 0.4) is 0 Å². The third-order valence-electron chi connectivity index (χ3n) is 6.34. The van der Waals surface area contributed by atoms with E-state index < -0.39 is 12.1 Å². The van der Waals surface area contributed by atoms with E-state index in [9.17, 15) is 13.2 Å². The van der Waals surface area contributed by atoms with E-state index in [-0.39, 0.29) is 6.10 Å². The molecule has 198 valence electrons. The third kappa shape index (κ3) is 7.72. The number of methoxy groups -OCH3 is 1. The Morgan fingerprint density at radius 1 is 1.22 bits per heavy atom. The van der Waals surface area contributed by atoms with Crippen LogP contribution in [0.2, 0.25) is 5.02 Å². The molecule has 36 heavy (non-hydrogen) atoms. The highest BCUT2D eigenvalue weighted by Gasteiger charge is 2.38. The second-order valence-electron chi connectivity index (χ2n) is 8.88. The van der Waals surface area contributed by atoms with E-state index in [4.69, 9.17) is 31.0 Å². The van der Waals surface area contributed by atoms with Gasteiger partial charge in [0.25, 0.3) is 0 Å². The summed E-state index contributed by atoms with van der Waals surface area (Å²) >= 11 is 6.06. The number of ether oxygens (including phenoxy) is 2. The van der Waals surface area contributed by atoms with Gasteiger partial charge < -0.3 is 19.5 Å². The van der Waals surface area contributed by atoms with E-state index in [0.717, 1.165) is 62.1 Å². The molecule has 1 aromatic heterocycles. The Bertz CT molecular complexity index is 985. The van der Waals surface area contributed by atoms with Gasteiger partial charge in [0, 0.05) is 42.9 Å². The summed E-state index contributed by atoms with van der Waals surface area (Å²) in [6.45, 7) is 5.96. The zero-order valence-electron chi connectivity index (χ0n) is 20.2. The molecule has 2 aliphatic rings. The maximum Gasteiger partial charge on any atom is 0.490 e. The minimum Gasteiger partial charge on any atom is -0.493 e. The van der Waals surface area contributed by atoms with Crippen LogP contribution in [-0.4, -0.2) is 78.7 Å². The number of nitrogens with zero attached hydrogens (tertiary/aromatic N) is 3. The second-order valence-corrected chi connectivity index (χ2v) is 9.31. The molecule has 2 fully saturated rings. The maximum absolute atomic E-state index is 10.6. The smallest absolute Gasteiger partial charge is 0.490 e. The van der Waals surface area contributed by atoms with Crippen molar-refractivity contribution < 1.29 is 32.5 Å². The number of halogens is 4. The van der Waals surface area contributed by atoms with E-state index in [2.05, 4.69) is 33.8 Å². The zero-order valence-corrected chi connectivity index (χ0v) is 21.0. The van der Waals surface area contributed by atoms with Crippen LogP contribution in [0.4, 0.5) is 19.0 Å². The normalized spacial score (nSPS) is 21.4. The number of anilines is 1. The Kier molecular flexibility index (Phi) is 9.81. The van der Waals surface area contributed by atoms with Gasteiger partial charge in [-0.1, -0.05) is 23.7 Å². The lowest BCUT2D eigenvalue weighted by molar-refractivity contribution is -0.192. The van der Waals surface area contributed by atoms with E-state index in [0.29, 0.717) is 12.1 Å². The first-order chi connectivity index (χ1) is 17.1. The number of piperidine rings is 1. The molecule has 4 rings (SSSR count). The molecule has 3 heterocycles. The number of morpholine rings is 1. The van der Waals surface area contributed by atoms with Crippen LogP contribution in [0, 0.1) is 0 Å². The van der Waals surface area contributed by atoms with Crippen LogP contribution in [-0.2, 0) is 16.0 Å². The third-order valence-corrected chi connectivity index (χ3v) is 6.59. The summed E-state index contributed by atoms with van der Waals surface area (Å²) in [7, 11) is 1.71. The zero-order chi connectivity index (χ0) is 26.3. The van der Waals surface area contributed by atoms with Crippen molar-refractivity contribution in [3.05, 3.63) is 53.2 Å². The van der Waals surface area contributed by atoms with Crippen molar-refractivity contribution in [3.8, 4) is 5.75 Å². The molecular formula is C25H31ClF3N3O4. The highest BCUT2D eigenvalue weighted by Crippen LogP contribution is 2.30. The van der Waals surface area contributed by atoms with Gasteiger partial charge in [0.1, 0.15) is 0 Å². The maximum atomic E-state index is 10.6. The number of alkyl halides is 3. The predicted octanol–water partition coefficient (Wildman–Crippen LogP) is 4.68. The van der Waals surface area contributed by atoms with Crippen molar-refractivity contribution in [1.82, 2.24) is 9.88 Å². The molecule has 0 amide bonds. The number of aliphatic carboxylic acids is 1. The van der Waals surface area contributed by atoms with Crippen LogP contribution in [0.15, 0.2) is 42.6 Å². The predicted molar refractivity (Wildman–Crippen MR) is 131 cm³/mol. The molecule has 1 aromatic carbocycles. The van der Waals surface area contributed by atoms with Gasteiger partial charge >= 0.3 is 12.1 Å². The summed E-state index contributed by atoms with van der Waals surface area (Å²) in [5.41, 5.74) is 1.32. The van der Waals surface area contributed by atoms with Gasteiger partial charge in [0.2, 0.25) is 0 Å². The molecular weight excluding hydrogens is 499 g/mol. The Morgan fingerprint density at radius 2 is 1.86 bits per heavy atom. The summed E-state index contributed by atoms with van der Waals surface area (Å²) in [5.74, 6) is -0.944. The van der Waals surface area contributed by atoms with Crippen molar-refractivity contribution in [1.29, 1.82) is 0 Å². The molecule has 7 nitrogen and oxygen atoms in total. The second kappa shape index (κ2) is 12.6. The van der Waals surface area contributed by atoms with Crippen LogP contribution < -0.4 is 9.64 Å². The highest BCUT2D eigenvalue weighted by molar-refractivity contribution is 6.30. The average molecular weight is 530 g/mol. The van der Waals surface area contributed by atoms with Crippen molar-refractivity contribution >= 4 is 23.4 Å². The molecule has 11 heteroatoms. The fourth-order valence-electron chi connectivity index (χ4n) is 4.57. The van der Waals surface area contributed by atoms with E-state index in [1.165, 1.54) is 5.56 Å². The van der Waals surface area contributed by atoms with Crippen molar-refractivity contribution in [2.24, 2.45) is 0 Å². The number of carboxylic acids is 1. The highest BCUT2D eigenvalue weighted by atomic mass is 35.5. The fraction of sp³-hybridized carbons (Fsp3) is 0.520. The standard InChI is InChI=1S/C23H30ClN3O2.C2HF3O2/c1-17-15-27(21(16-29-17)14-18-5-7-19(24)8-6-18)20-9-12-26(13-10-20)23-22(28-2)4-3-11-25-23;3-2(4,5)1(6)7/h3-8,11,17,20-21H,9-10,12-16H2,1-2H3;(H,6,7)/t17-,21-;/m0./s1. The van der Waals surface area contributed by atoms with Crippen molar-refractivity contribution in [3.63, 3.8) is 0 Å². The number of hydrogen-bond acceptors (Lipinski definition) is 6. The van der Waals surface area contributed by atoms with Crippen LogP contribution >= 0.6 is 11.6 Å². The minimum atomic E-state index is -5.08. The first kappa shape index (κ1) is 28.0. The number of carboxylic acid groups (broad SMARTS) is 1. The van der Waals surface area contributed by atoms with Gasteiger partial charge in [-0.2, -0.15) is 13.2 Å². The molecule has 1 N–H and O–H groups in total. The first-order valence-corrected chi connectivity index (χ1v) is 12.1. The lowest BCUT2D eigenvalue weighted by atomic mass is 9.96. The molecule has 0 radical (unpaired) electrons. The molecule has 2 aromatic rings. The molecule has 2 saturated heterocycles. The SMILES string of the molecule is COc1cccnc1N1CCC(N2C[C@H](C)OC[C@@H]2Cc2ccc(Cl)cc2)CC1.O=C(O)C(F)(F)F. The number of rotatable bonds is 5. The summed E-state index contributed by atoms with van der Waals surface area (Å²) in [4.78, 5) is 18.5. The van der Waals surface area contributed by atoms with Crippen LogP contribution in [0.5, 0.6) is 5.75 Å². The van der Waals surface area contributed by atoms with Gasteiger partial charge in [-0.15, -0.1) is 0 Å². The summed E-state index contributed by atoms with van der Waals surface area (Å²) in [6.07, 6.45) is 0.298. The quantitative estimate of drug-likeness (QED) is 0.603. The van der Waals surface area contributed by atoms with Gasteiger partial charge in [-0.3, -0.25) is 4.90 Å². The summed E-state index contributed by atoms with van der Waals surface area (Å²) < 4.78 is 43.3. The van der Waals surface area contributed by atoms with Crippen molar-refractivity contribution in [2.45, 2.75) is 50.6 Å². The van der Waals surface area contributed by atoms with Gasteiger partial charge in [0.15, 0.2) is 11.6 Å². The Labute approximate surface area is 213 Å². The molecule has 2 aliphatic heterocycles. The number of hydrogen-bond donors (Lipinski definition) is 1. The largest absolute Gasteiger partial charge is 0.493 e. The number of pyridine rings is 1. The number of carbonyl (C=O) groups is 1. The van der Waals surface area contributed by atoms with E-state index >= 15 is 0 Å². The summed E-state index contributed by atoms with van der Waals surface area (Å²) in [5, 5.41) is 7.91. The van der Waals surface area contributed by atoms with Crippen molar-refractivity contribution in [2.75, 3.05) is 38.3 Å². The molecule has 2 atom stereocenters. The van der Waals surface area contributed by atoms with Gasteiger partial charge in [-0.05, 0) is 56.0 Å². The fourth-order valence-corrected chi connectivity index (χ4v) is 4.70. The Hall–Kier alpha value is -2.56. The monoisotopic (exact) mass is 529 g/mol. The van der Waals surface area contributed by atoms with Gasteiger partial charge in [0.05, 0.1) is 19.8 Å². The molecule has 0 saturated carbocycles. The van der Waals surface area contributed by atoms with E-state index in [1.807, 2.05) is 30.5 Å². The summed E-state index contributed by atoms with van der Waals surface area (Å²) in [6, 6.07) is 13.1. The molecule has 0 aliphatic carbocycles. The Balaban J connectivity index is 0.000000454. The minimum absolute atomic E-state index is 0.283.